The van der Waals surface area contributed by atoms with Crippen LogP contribution in [0.4, 0.5) is 0 Å². The van der Waals surface area contributed by atoms with E-state index in [2.05, 4.69) is 0 Å². The molecule has 0 aliphatic heterocycles. The predicted octanol–water partition coefficient (Wildman–Crippen LogP) is 2.40. The Balaban J connectivity index is 3.52. The van der Waals surface area contributed by atoms with Crippen LogP contribution in [0.5, 0.6) is 0 Å². The number of hydrogen-bond acceptors (Lipinski definition) is 3. The molecule has 0 saturated heterocycles. The van der Waals surface area contributed by atoms with Gasteiger partial charge in [-0.15, -0.1) is 11.6 Å². The maximum absolute atomic E-state index is 11.4. The number of nitrogens with zero attached hydrogens (tertiary/aromatic N) is 1. The molecule has 0 saturated carbocycles. The average molecular weight is 334 g/mol. The third kappa shape index (κ3) is 2.55. The standard InChI is InChI=1S/C10H5ClINO2/c11-3-9(15)10-6(4-13)1-8(12)2-7(10)5-14/h1-2,5H,3H2. The Hall–Kier alpha value is -0.930. The van der Waals surface area contributed by atoms with E-state index in [4.69, 9.17) is 16.9 Å². The lowest BCUT2D eigenvalue weighted by Gasteiger charge is -2.04. The van der Waals surface area contributed by atoms with Crippen LogP contribution >= 0.6 is 34.2 Å². The van der Waals surface area contributed by atoms with Crippen molar-refractivity contribution in [3.63, 3.8) is 0 Å². The predicted molar refractivity (Wildman–Crippen MR) is 64.3 cm³/mol. The number of rotatable bonds is 3. The Labute approximate surface area is 105 Å². The van der Waals surface area contributed by atoms with Crippen LogP contribution in [0.1, 0.15) is 26.3 Å². The summed E-state index contributed by atoms with van der Waals surface area (Å²) >= 11 is 7.38. The molecule has 0 radical (unpaired) electrons. The highest BCUT2D eigenvalue weighted by Crippen LogP contribution is 2.18. The van der Waals surface area contributed by atoms with Crippen LogP contribution in [0.25, 0.3) is 0 Å². The first kappa shape index (κ1) is 12.1. The van der Waals surface area contributed by atoms with Crippen molar-refractivity contribution in [2.24, 2.45) is 0 Å². The highest BCUT2D eigenvalue weighted by atomic mass is 127. The molecule has 1 aromatic rings. The van der Waals surface area contributed by atoms with E-state index in [1.807, 2.05) is 28.7 Å². The first-order valence-electron chi connectivity index (χ1n) is 3.92. The van der Waals surface area contributed by atoms with Crippen molar-refractivity contribution in [2.75, 3.05) is 5.88 Å². The molecule has 0 aromatic heterocycles. The maximum atomic E-state index is 11.4. The van der Waals surface area contributed by atoms with Gasteiger partial charge in [-0.1, -0.05) is 0 Å². The third-order valence-electron chi connectivity index (χ3n) is 1.78. The zero-order valence-electron chi connectivity index (χ0n) is 7.46. The molecular weight excluding hydrogens is 328 g/mol. The third-order valence-corrected chi connectivity index (χ3v) is 2.65. The van der Waals surface area contributed by atoms with Gasteiger partial charge in [0.15, 0.2) is 12.1 Å². The van der Waals surface area contributed by atoms with Crippen LogP contribution in [0, 0.1) is 14.9 Å². The topological polar surface area (TPSA) is 57.9 Å². The minimum Gasteiger partial charge on any atom is -0.298 e. The molecule has 0 aliphatic rings. The molecule has 3 nitrogen and oxygen atoms in total. The number of halogens is 2. The highest BCUT2D eigenvalue weighted by molar-refractivity contribution is 14.1. The number of alkyl halides is 1. The van der Waals surface area contributed by atoms with Crippen LogP contribution < -0.4 is 0 Å². The summed E-state index contributed by atoms with van der Waals surface area (Å²) in [5.41, 5.74) is 0.515. The molecule has 5 heteroatoms. The molecule has 76 valence electrons. The zero-order chi connectivity index (χ0) is 11.4. The van der Waals surface area contributed by atoms with Gasteiger partial charge in [0.1, 0.15) is 0 Å². The van der Waals surface area contributed by atoms with Gasteiger partial charge in [-0.05, 0) is 34.7 Å². The van der Waals surface area contributed by atoms with Crippen molar-refractivity contribution in [3.05, 3.63) is 32.4 Å². The summed E-state index contributed by atoms with van der Waals surface area (Å²) in [4.78, 5) is 22.2. The van der Waals surface area contributed by atoms with Gasteiger partial charge < -0.3 is 0 Å². The number of carbonyl (C=O) groups is 2. The van der Waals surface area contributed by atoms with Crippen LogP contribution in [-0.2, 0) is 0 Å². The number of carbonyl (C=O) groups excluding carboxylic acids is 2. The van der Waals surface area contributed by atoms with Crippen molar-refractivity contribution in [3.8, 4) is 6.07 Å². The molecule has 1 rings (SSSR count). The minimum atomic E-state index is -0.410. The number of Topliss-reactive ketones (excluding diaryl/α,β-unsaturated/α-hetero) is 1. The number of aldehydes is 1. The first-order chi connectivity index (χ1) is 7.13. The van der Waals surface area contributed by atoms with Crippen LogP contribution in [0.15, 0.2) is 12.1 Å². The van der Waals surface area contributed by atoms with Gasteiger partial charge in [0.05, 0.1) is 17.5 Å². The minimum absolute atomic E-state index is 0.114. The second-order valence-corrected chi connectivity index (χ2v) is 4.22. The Morgan fingerprint density at radius 1 is 1.60 bits per heavy atom. The van der Waals surface area contributed by atoms with Gasteiger partial charge in [-0.3, -0.25) is 9.59 Å². The van der Waals surface area contributed by atoms with Gasteiger partial charge in [-0.2, -0.15) is 5.26 Å². The number of benzene rings is 1. The maximum Gasteiger partial charge on any atom is 0.179 e. The van der Waals surface area contributed by atoms with Gasteiger partial charge in [-0.25, -0.2) is 0 Å². The fourth-order valence-corrected chi connectivity index (χ4v) is 1.97. The average Bonchev–Trinajstić information content (AvgIpc) is 2.26. The van der Waals surface area contributed by atoms with E-state index in [9.17, 15) is 9.59 Å². The molecule has 0 unspecified atom stereocenters. The van der Waals surface area contributed by atoms with Gasteiger partial charge in [0.25, 0.3) is 0 Å². The molecule has 0 atom stereocenters. The Morgan fingerprint density at radius 2 is 2.27 bits per heavy atom. The molecule has 1 aromatic carbocycles. The van der Waals surface area contributed by atoms with E-state index in [0.29, 0.717) is 6.29 Å². The molecule has 0 aliphatic carbocycles. The van der Waals surface area contributed by atoms with E-state index >= 15 is 0 Å². The summed E-state index contributed by atoms with van der Waals surface area (Å²) < 4.78 is 0.734. The van der Waals surface area contributed by atoms with Crippen LogP contribution in [0.3, 0.4) is 0 Å². The molecule has 15 heavy (non-hydrogen) atoms. The fraction of sp³-hybridized carbons (Fsp3) is 0.100. The smallest absolute Gasteiger partial charge is 0.179 e. The monoisotopic (exact) mass is 333 g/mol. The Kier molecular flexibility index (Phi) is 4.24. The normalized spacial score (nSPS) is 9.40. The SMILES string of the molecule is N#Cc1cc(I)cc(C=O)c1C(=O)CCl. The molecule has 0 fully saturated rings. The van der Waals surface area contributed by atoms with Crippen molar-refractivity contribution in [2.45, 2.75) is 0 Å². The summed E-state index contributed by atoms with van der Waals surface area (Å²) in [6.45, 7) is 0. The zero-order valence-corrected chi connectivity index (χ0v) is 10.4. The van der Waals surface area contributed by atoms with E-state index < -0.39 is 5.78 Å². The lowest BCUT2D eigenvalue weighted by Crippen LogP contribution is -2.08. The highest BCUT2D eigenvalue weighted by Gasteiger charge is 2.16. The summed E-state index contributed by atoms with van der Waals surface area (Å²) in [6, 6.07) is 4.98. The first-order valence-corrected chi connectivity index (χ1v) is 5.53. The second-order valence-electron chi connectivity index (χ2n) is 2.70. The molecule has 0 bridgehead atoms. The summed E-state index contributed by atoms with van der Waals surface area (Å²) in [5, 5.41) is 8.84. The molecule has 0 spiro atoms. The van der Waals surface area contributed by atoms with Crippen molar-refractivity contribution >= 4 is 46.3 Å². The quantitative estimate of drug-likeness (QED) is 0.369. The van der Waals surface area contributed by atoms with Gasteiger partial charge in [0, 0.05) is 14.7 Å². The largest absolute Gasteiger partial charge is 0.298 e. The van der Waals surface area contributed by atoms with Crippen LogP contribution in [0.2, 0.25) is 0 Å². The lowest BCUT2D eigenvalue weighted by molar-refractivity contribution is 0.101. The summed E-state index contributed by atoms with van der Waals surface area (Å²) in [6.07, 6.45) is 0.558. The molecular formula is C10H5ClINO2. The van der Waals surface area contributed by atoms with Gasteiger partial charge in [0.2, 0.25) is 0 Å². The molecule has 0 amide bonds. The van der Waals surface area contributed by atoms with E-state index in [1.54, 1.807) is 12.1 Å². The van der Waals surface area contributed by atoms with E-state index in [1.165, 1.54) is 0 Å². The van der Waals surface area contributed by atoms with Crippen LogP contribution in [-0.4, -0.2) is 17.9 Å². The molecule has 0 heterocycles. The summed E-state index contributed by atoms with van der Waals surface area (Å²) in [7, 11) is 0. The van der Waals surface area contributed by atoms with Crippen molar-refractivity contribution < 1.29 is 9.59 Å². The molecule has 0 N–H and O–H groups in total. The van der Waals surface area contributed by atoms with Crippen molar-refractivity contribution in [1.29, 1.82) is 5.26 Å². The summed E-state index contributed by atoms with van der Waals surface area (Å²) in [5.74, 6) is -0.650. The number of nitriles is 1. The fourth-order valence-electron chi connectivity index (χ4n) is 1.19. The van der Waals surface area contributed by atoms with E-state index in [0.717, 1.165) is 3.57 Å². The Bertz CT molecular complexity index is 465. The Morgan fingerprint density at radius 3 is 2.73 bits per heavy atom. The van der Waals surface area contributed by atoms with Gasteiger partial charge >= 0.3 is 0 Å². The lowest BCUT2D eigenvalue weighted by atomic mass is 9.99. The second kappa shape index (κ2) is 5.24. The number of ketones is 1. The van der Waals surface area contributed by atoms with E-state index in [-0.39, 0.29) is 22.6 Å². The number of hydrogen-bond donors (Lipinski definition) is 0. The van der Waals surface area contributed by atoms with Crippen molar-refractivity contribution in [1.82, 2.24) is 0 Å².